The van der Waals surface area contributed by atoms with Crippen molar-refractivity contribution in [1.29, 1.82) is 0 Å². The molecule has 2 N–H and O–H groups in total. The monoisotopic (exact) mass is 367 g/mol. The van der Waals surface area contributed by atoms with Crippen LogP contribution in [0.25, 0.3) is 0 Å². The van der Waals surface area contributed by atoms with Crippen LogP contribution >= 0.6 is 0 Å². The molecule has 2 aromatic rings. The molecule has 5 nitrogen and oxygen atoms in total. The Bertz CT molecular complexity index is 815. The molecule has 0 bridgehead atoms. The number of aryl methyl sites for hydroxylation is 1. The van der Waals surface area contributed by atoms with Gasteiger partial charge in [0.05, 0.1) is 17.1 Å². The van der Waals surface area contributed by atoms with Crippen LogP contribution in [-0.2, 0) is 11.2 Å². The molecule has 0 aliphatic carbocycles. The standard InChI is InChI=1S/C11H14N2O.C11H15NO/c1-7(2)8-5-6-12-9-3-4-10(14)13-11(8)9;1-8(2)9-3-4-10-11(7-9)13-6-5-12-10/h5-7H,3-4H2,1-2H3,(H,13,14);3-4,7-8,12H,5-6H2,1-2H3. The Morgan fingerprint density at radius 1 is 1.07 bits per heavy atom. The van der Waals surface area contributed by atoms with Crippen LogP contribution < -0.4 is 15.4 Å². The van der Waals surface area contributed by atoms with Crippen molar-refractivity contribution < 1.29 is 9.53 Å². The molecule has 2 aliphatic rings. The van der Waals surface area contributed by atoms with E-state index in [1.54, 1.807) is 0 Å². The van der Waals surface area contributed by atoms with E-state index in [1.165, 1.54) is 11.1 Å². The van der Waals surface area contributed by atoms with Crippen molar-refractivity contribution in [2.45, 2.75) is 52.4 Å². The van der Waals surface area contributed by atoms with Crippen LogP contribution in [0.4, 0.5) is 11.4 Å². The van der Waals surface area contributed by atoms with Gasteiger partial charge < -0.3 is 15.4 Å². The molecular weight excluding hydrogens is 338 g/mol. The SMILES string of the molecule is CC(C)c1ccc2c(c1)OCCN2.CC(C)c1ccnc2c1NC(=O)CC2. The van der Waals surface area contributed by atoms with Crippen molar-refractivity contribution in [3.05, 3.63) is 47.3 Å². The maximum atomic E-state index is 11.3. The molecule has 1 aromatic heterocycles. The third kappa shape index (κ3) is 4.59. The smallest absolute Gasteiger partial charge is 0.224 e. The lowest BCUT2D eigenvalue weighted by molar-refractivity contribution is -0.116. The molecule has 2 aliphatic heterocycles. The summed E-state index contributed by atoms with van der Waals surface area (Å²) < 4.78 is 5.55. The van der Waals surface area contributed by atoms with Gasteiger partial charge in [-0.3, -0.25) is 9.78 Å². The van der Waals surface area contributed by atoms with Gasteiger partial charge in [-0.1, -0.05) is 33.8 Å². The van der Waals surface area contributed by atoms with Crippen molar-refractivity contribution in [3.63, 3.8) is 0 Å². The molecule has 144 valence electrons. The minimum atomic E-state index is 0.104. The number of amides is 1. The molecule has 3 heterocycles. The number of pyridine rings is 1. The Morgan fingerprint density at radius 2 is 1.89 bits per heavy atom. The first-order valence-corrected chi connectivity index (χ1v) is 9.74. The number of rotatable bonds is 2. The Labute approximate surface area is 161 Å². The molecule has 0 unspecified atom stereocenters. The average Bonchev–Trinajstić information content (AvgIpc) is 2.67. The topological polar surface area (TPSA) is 63.2 Å². The minimum absolute atomic E-state index is 0.104. The van der Waals surface area contributed by atoms with Gasteiger partial charge >= 0.3 is 0 Å². The third-order valence-electron chi connectivity index (χ3n) is 4.88. The van der Waals surface area contributed by atoms with E-state index in [0.29, 0.717) is 18.3 Å². The number of fused-ring (bicyclic) bond motifs is 2. The normalized spacial score (nSPS) is 15.0. The van der Waals surface area contributed by atoms with Crippen LogP contribution in [0.1, 0.15) is 62.8 Å². The summed E-state index contributed by atoms with van der Waals surface area (Å²) in [5, 5.41) is 6.21. The Balaban J connectivity index is 0.000000156. The fourth-order valence-corrected chi connectivity index (χ4v) is 3.28. The van der Waals surface area contributed by atoms with E-state index >= 15 is 0 Å². The molecule has 0 atom stereocenters. The zero-order chi connectivity index (χ0) is 19.4. The first kappa shape index (κ1) is 19.2. The lowest BCUT2D eigenvalue weighted by Crippen LogP contribution is -2.21. The molecule has 27 heavy (non-hydrogen) atoms. The van der Waals surface area contributed by atoms with Crippen LogP contribution in [0.5, 0.6) is 5.75 Å². The van der Waals surface area contributed by atoms with Gasteiger partial charge in [-0.15, -0.1) is 0 Å². The van der Waals surface area contributed by atoms with Gasteiger partial charge in [-0.25, -0.2) is 0 Å². The van der Waals surface area contributed by atoms with Crippen LogP contribution in [0.15, 0.2) is 30.5 Å². The number of ether oxygens (including phenoxy) is 1. The summed E-state index contributed by atoms with van der Waals surface area (Å²) in [6.45, 7) is 10.3. The van der Waals surface area contributed by atoms with Crippen LogP contribution in [0.3, 0.4) is 0 Å². The molecule has 0 fully saturated rings. The Morgan fingerprint density at radius 3 is 2.63 bits per heavy atom. The molecule has 0 radical (unpaired) electrons. The van der Waals surface area contributed by atoms with Crippen molar-refractivity contribution in [1.82, 2.24) is 4.98 Å². The summed E-state index contributed by atoms with van der Waals surface area (Å²) in [7, 11) is 0. The van der Waals surface area contributed by atoms with Gasteiger partial charge in [0.1, 0.15) is 12.4 Å². The first-order chi connectivity index (χ1) is 13.0. The summed E-state index contributed by atoms with van der Waals surface area (Å²) >= 11 is 0. The molecule has 5 heteroatoms. The fraction of sp³-hybridized carbons (Fsp3) is 0.455. The van der Waals surface area contributed by atoms with E-state index < -0.39 is 0 Å². The second-order valence-corrected chi connectivity index (χ2v) is 7.61. The van der Waals surface area contributed by atoms with Gasteiger partial charge in [-0.2, -0.15) is 0 Å². The summed E-state index contributed by atoms with van der Waals surface area (Å²) in [5.74, 6) is 2.09. The van der Waals surface area contributed by atoms with Crippen molar-refractivity contribution in [3.8, 4) is 5.75 Å². The average molecular weight is 367 g/mol. The Kier molecular flexibility index (Phi) is 5.99. The van der Waals surface area contributed by atoms with E-state index in [2.05, 4.69) is 61.5 Å². The van der Waals surface area contributed by atoms with E-state index in [0.717, 1.165) is 42.4 Å². The van der Waals surface area contributed by atoms with Crippen molar-refractivity contribution in [2.75, 3.05) is 23.8 Å². The van der Waals surface area contributed by atoms with Crippen LogP contribution in [0, 0.1) is 0 Å². The molecule has 0 spiro atoms. The summed E-state index contributed by atoms with van der Waals surface area (Å²) in [6.07, 6.45) is 3.15. The van der Waals surface area contributed by atoms with Crippen molar-refractivity contribution in [2.24, 2.45) is 0 Å². The fourth-order valence-electron chi connectivity index (χ4n) is 3.28. The largest absolute Gasteiger partial charge is 0.490 e. The predicted octanol–water partition coefficient (Wildman–Crippen LogP) is 4.70. The van der Waals surface area contributed by atoms with Crippen LogP contribution in [0.2, 0.25) is 0 Å². The maximum absolute atomic E-state index is 11.3. The van der Waals surface area contributed by atoms with Crippen LogP contribution in [-0.4, -0.2) is 24.0 Å². The number of carbonyl (C=O) groups is 1. The zero-order valence-electron chi connectivity index (χ0n) is 16.6. The Hall–Kier alpha value is -2.56. The highest BCUT2D eigenvalue weighted by atomic mass is 16.5. The predicted molar refractivity (Wildman–Crippen MR) is 110 cm³/mol. The number of aromatic nitrogens is 1. The zero-order valence-corrected chi connectivity index (χ0v) is 16.6. The number of hydrogen-bond acceptors (Lipinski definition) is 4. The quantitative estimate of drug-likeness (QED) is 0.807. The van der Waals surface area contributed by atoms with Gasteiger partial charge in [0.2, 0.25) is 5.91 Å². The summed E-state index contributed by atoms with van der Waals surface area (Å²) in [5.41, 5.74) is 5.61. The first-order valence-electron chi connectivity index (χ1n) is 9.74. The van der Waals surface area contributed by atoms with E-state index in [9.17, 15) is 4.79 Å². The highest BCUT2D eigenvalue weighted by molar-refractivity contribution is 5.94. The molecule has 1 aromatic carbocycles. The molecule has 4 rings (SSSR count). The van der Waals surface area contributed by atoms with Gasteiger partial charge in [0, 0.05) is 25.6 Å². The highest BCUT2D eigenvalue weighted by Crippen LogP contribution is 2.31. The third-order valence-corrected chi connectivity index (χ3v) is 4.88. The van der Waals surface area contributed by atoms with Gasteiger partial charge in [-0.05, 0) is 41.2 Å². The lowest BCUT2D eigenvalue weighted by atomic mass is 9.97. The summed E-state index contributed by atoms with van der Waals surface area (Å²) in [4.78, 5) is 15.5. The molecule has 1 amide bonds. The number of nitrogens with one attached hydrogen (secondary N) is 2. The second-order valence-electron chi connectivity index (χ2n) is 7.61. The lowest BCUT2D eigenvalue weighted by Gasteiger charge is -2.20. The summed E-state index contributed by atoms with van der Waals surface area (Å²) in [6, 6.07) is 8.37. The second kappa shape index (κ2) is 8.42. The molecule has 0 saturated heterocycles. The number of hydrogen-bond donors (Lipinski definition) is 2. The van der Waals surface area contributed by atoms with E-state index in [-0.39, 0.29) is 5.91 Å². The maximum Gasteiger partial charge on any atom is 0.224 e. The number of nitrogens with zero attached hydrogens (tertiary/aromatic N) is 1. The highest BCUT2D eigenvalue weighted by Gasteiger charge is 2.19. The number of carbonyl (C=O) groups excluding carboxylic acids is 1. The van der Waals surface area contributed by atoms with Crippen molar-refractivity contribution >= 4 is 17.3 Å². The number of benzene rings is 1. The van der Waals surface area contributed by atoms with E-state index in [1.807, 2.05) is 12.3 Å². The van der Waals surface area contributed by atoms with Gasteiger partial charge in [0.25, 0.3) is 0 Å². The number of anilines is 2. The molecular formula is C22H29N3O2. The molecule has 0 saturated carbocycles. The van der Waals surface area contributed by atoms with Gasteiger partial charge in [0.15, 0.2) is 0 Å². The minimum Gasteiger partial charge on any atom is -0.490 e. The van der Waals surface area contributed by atoms with E-state index in [4.69, 9.17) is 4.74 Å².